The van der Waals surface area contributed by atoms with E-state index >= 15 is 0 Å². The summed E-state index contributed by atoms with van der Waals surface area (Å²) in [7, 11) is 1.68. The maximum absolute atomic E-state index is 5.47. The molecule has 3 heterocycles. The highest BCUT2D eigenvalue weighted by molar-refractivity contribution is 5.96. The topological polar surface area (TPSA) is 64.9 Å². The molecule has 1 aliphatic heterocycles. The van der Waals surface area contributed by atoms with Crippen LogP contribution in [0, 0.1) is 6.92 Å². The number of para-hydroxylation sites is 1. The van der Waals surface area contributed by atoms with Gasteiger partial charge in [0.05, 0.1) is 13.7 Å². The van der Waals surface area contributed by atoms with Gasteiger partial charge < -0.3 is 10.1 Å². The van der Waals surface area contributed by atoms with E-state index in [1.54, 1.807) is 7.11 Å². The standard InChI is InChI=1S/C20H25N5O/c1-12(2)20-23-17-9-8-14(11-25(17)24-20)22-18-13(3)10-21-19-15(18)6-5-7-16(19)26-4/h5-7,10,12,14H,8-9,11H2,1-4H3,(H,21,22). The van der Waals surface area contributed by atoms with Gasteiger partial charge >= 0.3 is 0 Å². The number of pyridine rings is 1. The third kappa shape index (κ3) is 2.89. The van der Waals surface area contributed by atoms with Crippen molar-refractivity contribution in [2.24, 2.45) is 0 Å². The lowest BCUT2D eigenvalue weighted by atomic mass is 10.0. The molecule has 0 radical (unpaired) electrons. The number of nitrogens with zero attached hydrogens (tertiary/aromatic N) is 4. The number of methoxy groups -OCH3 is 1. The summed E-state index contributed by atoms with van der Waals surface area (Å²) in [6.07, 6.45) is 3.90. The van der Waals surface area contributed by atoms with Crippen molar-refractivity contribution in [3.8, 4) is 5.75 Å². The van der Waals surface area contributed by atoms with E-state index < -0.39 is 0 Å². The largest absolute Gasteiger partial charge is 0.494 e. The zero-order chi connectivity index (χ0) is 18.3. The molecule has 6 nitrogen and oxygen atoms in total. The van der Waals surface area contributed by atoms with Gasteiger partial charge in [0.25, 0.3) is 0 Å². The Balaban J connectivity index is 1.64. The molecule has 0 fully saturated rings. The van der Waals surface area contributed by atoms with Crippen LogP contribution in [0.3, 0.4) is 0 Å². The van der Waals surface area contributed by atoms with Crippen LogP contribution in [0.25, 0.3) is 10.9 Å². The predicted octanol–water partition coefficient (Wildman–Crippen LogP) is 3.69. The highest BCUT2D eigenvalue weighted by atomic mass is 16.5. The monoisotopic (exact) mass is 351 g/mol. The SMILES string of the molecule is COc1cccc2c(NC3CCc4nc(C(C)C)nn4C3)c(C)cnc12. The number of aromatic nitrogens is 4. The molecule has 0 amide bonds. The van der Waals surface area contributed by atoms with Gasteiger partial charge in [0, 0.05) is 35.7 Å². The van der Waals surface area contributed by atoms with Crippen LogP contribution in [0.2, 0.25) is 0 Å². The number of fused-ring (bicyclic) bond motifs is 2. The maximum atomic E-state index is 5.47. The van der Waals surface area contributed by atoms with Crippen molar-refractivity contribution >= 4 is 16.6 Å². The van der Waals surface area contributed by atoms with Gasteiger partial charge in [0.2, 0.25) is 0 Å². The number of aryl methyl sites for hydroxylation is 2. The van der Waals surface area contributed by atoms with Crippen LogP contribution in [0.5, 0.6) is 5.75 Å². The lowest BCUT2D eigenvalue weighted by molar-refractivity contribution is 0.419. The molecule has 0 aliphatic carbocycles. The smallest absolute Gasteiger partial charge is 0.153 e. The van der Waals surface area contributed by atoms with Gasteiger partial charge in [-0.05, 0) is 25.0 Å². The van der Waals surface area contributed by atoms with E-state index in [9.17, 15) is 0 Å². The third-order valence-electron chi connectivity index (χ3n) is 5.01. The Morgan fingerprint density at radius 1 is 1.31 bits per heavy atom. The minimum absolute atomic E-state index is 0.319. The second kappa shape index (κ2) is 6.59. The number of rotatable bonds is 4. The van der Waals surface area contributed by atoms with Crippen molar-refractivity contribution < 1.29 is 4.74 Å². The fraction of sp³-hybridized carbons (Fsp3) is 0.450. The Hall–Kier alpha value is -2.63. The highest BCUT2D eigenvalue weighted by Gasteiger charge is 2.23. The first-order chi connectivity index (χ1) is 12.6. The minimum atomic E-state index is 0.319. The van der Waals surface area contributed by atoms with E-state index in [-0.39, 0.29) is 0 Å². The average molecular weight is 351 g/mol. The zero-order valence-corrected chi connectivity index (χ0v) is 15.8. The Morgan fingerprint density at radius 2 is 2.15 bits per heavy atom. The lowest BCUT2D eigenvalue weighted by Gasteiger charge is -2.26. The van der Waals surface area contributed by atoms with Crippen molar-refractivity contribution in [1.29, 1.82) is 0 Å². The zero-order valence-electron chi connectivity index (χ0n) is 15.8. The van der Waals surface area contributed by atoms with E-state index in [1.807, 2.05) is 18.3 Å². The molecule has 0 bridgehead atoms. The first-order valence-electron chi connectivity index (χ1n) is 9.19. The fourth-order valence-corrected chi connectivity index (χ4v) is 3.55. The van der Waals surface area contributed by atoms with Gasteiger partial charge in [-0.3, -0.25) is 4.98 Å². The molecule has 1 aliphatic rings. The molecule has 0 saturated heterocycles. The van der Waals surface area contributed by atoms with Crippen molar-refractivity contribution in [3.05, 3.63) is 41.6 Å². The van der Waals surface area contributed by atoms with Crippen LogP contribution in [0.1, 0.15) is 43.4 Å². The van der Waals surface area contributed by atoms with Crippen molar-refractivity contribution in [1.82, 2.24) is 19.7 Å². The van der Waals surface area contributed by atoms with Crippen LogP contribution in [-0.2, 0) is 13.0 Å². The predicted molar refractivity (Wildman–Crippen MR) is 103 cm³/mol. The summed E-state index contributed by atoms with van der Waals surface area (Å²) in [5.41, 5.74) is 3.16. The van der Waals surface area contributed by atoms with Crippen LogP contribution < -0.4 is 10.1 Å². The molecule has 1 atom stereocenters. The molecule has 26 heavy (non-hydrogen) atoms. The molecule has 0 saturated carbocycles. The Morgan fingerprint density at radius 3 is 2.92 bits per heavy atom. The van der Waals surface area contributed by atoms with E-state index in [4.69, 9.17) is 4.74 Å². The van der Waals surface area contributed by atoms with Crippen LogP contribution >= 0.6 is 0 Å². The van der Waals surface area contributed by atoms with Gasteiger partial charge in [0.1, 0.15) is 17.1 Å². The number of nitrogens with one attached hydrogen (secondary N) is 1. The first kappa shape index (κ1) is 16.8. The molecule has 3 aromatic rings. The third-order valence-corrected chi connectivity index (χ3v) is 5.01. The molecular weight excluding hydrogens is 326 g/mol. The molecule has 6 heteroatoms. The second-order valence-electron chi connectivity index (χ2n) is 7.28. The Kier molecular flexibility index (Phi) is 4.26. The van der Waals surface area contributed by atoms with Gasteiger partial charge in [-0.1, -0.05) is 26.0 Å². The molecule has 2 aromatic heterocycles. The van der Waals surface area contributed by atoms with Gasteiger partial charge in [-0.2, -0.15) is 5.10 Å². The summed E-state index contributed by atoms with van der Waals surface area (Å²) >= 11 is 0. The second-order valence-corrected chi connectivity index (χ2v) is 7.28. The van der Waals surface area contributed by atoms with Crippen molar-refractivity contribution in [2.75, 3.05) is 12.4 Å². The molecule has 1 N–H and O–H groups in total. The summed E-state index contributed by atoms with van der Waals surface area (Å²) in [5.74, 6) is 3.20. The summed E-state index contributed by atoms with van der Waals surface area (Å²) in [6.45, 7) is 7.20. The average Bonchev–Trinajstić information content (AvgIpc) is 3.07. The lowest BCUT2D eigenvalue weighted by Crippen LogP contribution is -2.32. The maximum Gasteiger partial charge on any atom is 0.153 e. The minimum Gasteiger partial charge on any atom is -0.494 e. The fourth-order valence-electron chi connectivity index (χ4n) is 3.55. The van der Waals surface area contributed by atoms with Crippen LogP contribution in [0.4, 0.5) is 5.69 Å². The number of hydrogen-bond donors (Lipinski definition) is 1. The number of ether oxygens (including phenoxy) is 1. The molecule has 1 aromatic carbocycles. The summed E-state index contributed by atoms with van der Waals surface area (Å²) < 4.78 is 7.54. The van der Waals surface area contributed by atoms with Crippen LogP contribution in [0.15, 0.2) is 24.4 Å². The van der Waals surface area contributed by atoms with E-state index in [0.29, 0.717) is 12.0 Å². The van der Waals surface area contributed by atoms with E-state index in [0.717, 1.165) is 58.9 Å². The molecule has 4 rings (SSSR count). The van der Waals surface area contributed by atoms with Crippen molar-refractivity contribution in [2.45, 2.75) is 52.1 Å². The highest BCUT2D eigenvalue weighted by Crippen LogP contribution is 2.32. The quantitative estimate of drug-likeness (QED) is 0.776. The Labute approximate surface area is 153 Å². The van der Waals surface area contributed by atoms with Gasteiger partial charge in [0.15, 0.2) is 5.82 Å². The van der Waals surface area contributed by atoms with Crippen molar-refractivity contribution in [3.63, 3.8) is 0 Å². The normalized spacial score (nSPS) is 16.7. The van der Waals surface area contributed by atoms with Crippen LogP contribution in [-0.4, -0.2) is 32.9 Å². The molecule has 136 valence electrons. The summed E-state index contributed by atoms with van der Waals surface area (Å²) in [5, 5.41) is 9.52. The molecule has 0 spiro atoms. The summed E-state index contributed by atoms with van der Waals surface area (Å²) in [4.78, 5) is 9.25. The molecule has 1 unspecified atom stereocenters. The first-order valence-corrected chi connectivity index (χ1v) is 9.19. The van der Waals surface area contributed by atoms with E-state index in [2.05, 4.69) is 51.9 Å². The number of anilines is 1. The summed E-state index contributed by atoms with van der Waals surface area (Å²) in [6, 6.07) is 6.38. The number of hydrogen-bond acceptors (Lipinski definition) is 5. The van der Waals surface area contributed by atoms with E-state index in [1.165, 1.54) is 0 Å². The van der Waals surface area contributed by atoms with Gasteiger partial charge in [-0.15, -0.1) is 0 Å². The van der Waals surface area contributed by atoms with Gasteiger partial charge in [-0.25, -0.2) is 9.67 Å². The molecular formula is C20H25N5O. The number of benzene rings is 1. The Bertz CT molecular complexity index is 947.